The second-order valence-electron chi connectivity index (χ2n) is 12.1. The third-order valence-corrected chi connectivity index (χ3v) is 9.12. The van der Waals surface area contributed by atoms with Gasteiger partial charge in [0.15, 0.2) is 0 Å². The number of benzene rings is 6. The molecular formula is C46H30IrN4-2. The molecule has 0 spiro atoms. The Morgan fingerprint density at radius 2 is 0.980 bits per heavy atom. The molecule has 0 saturated carbocycles. The van der Waals surface area contributed by atoms with Crippen LogP contribution in [0.5, 0.6) is 0 Å². The van der Waals surface area contributed by atoms with E-state index in [2.05, 4.69) is 135 Å². The normalized spacial score (nSPS) is 11.0. The van der Waals surface area contributed by atoms with E-state index >= 15 is 0 Å². The number of para-hydroxylation sites is 3. The monoisotopic (exact) mass is 831 g/mol. The molecule has 0 atom stereocenters. The molecule has 0 fully saturated rings. The second kappa shape index (κ2) is 14.0. The van der Waals surface area contributed by atoms with Crippen LogP contribution in [-0.4, -0.2) is 19.1 Å². The molecule has 0 amide bonds. The first-order chi connectivity index (χ1) is 24.8. The molecule has 0 bridgehead atoms. The van der Waals surface area contributed by atoms with E-state index in [1.54, 1.807) is 6.20 Å². The van der Waals surface area contributed by atoms with Crippen molar-refractivity contribution in [1.82, 2.24) is 19.1 Å². The molecule has 0 unspecified atom stereocenters. The molecular weight excluding hydrogens is 801 g/mol. The Kier molecular flexibility index (Phi) is 8.81. The quantitative estimate of drug-likeness (QED) is 0.166. The summed E-state index contributed by atoms with van der Waals surface area (Å²) in [7, 11) is 0. The Hall–Kier alpha value is -6.13. The van der Waals surface area contributed by atoms with E-state index in [1.165, 1.54) is 32.7 Å². The molecule has 0 N–H and O–H groups in total. The van der Waals surface area contributed by atoms with E-state index < -0.39 is 0 Å². The van der Waals surface area contributed by atoms with Crippen LogP contribution in [-0.2, 0) is 20.1 Å². The van der Waals surface area contributed by atoms with Crippen LogP contribution in [0.25, 0.3) is 77.5 Å². The van der Waals surface area contributed by atoms with Gasteiger partial charge in [0.2, 0.25) is 0 Å². The van der Waals surface area contributed by atoms with Gasteiger partial charge in [-0.15, -0.1) is 71.8 Å². The molecule has 4 nitrogen and oxygen atoms in total. The molecule has 10 aromatic rings. The summed E-state index contributed by atoms with van der Waals surface area (Å²) in [5, 5.41) is 4.83. The van der Waals surface area contributed by atoms with E-state index in [1.807, 2.05) is 66.9 Å². The van der Waals surface area contributed by atoms with Gasteiger partial charge in [0.1, 0.15) is 0 Å². The second-order valence-corrected chi connectivity index (χ2v) is 12.1. The number of hydrogen-bond acceptors (Lipinski definition) is 2. The molecule has 0 aliphatic heterocycles. The van der Waals surface area contributed by atoms with E-state index in [-0.39, 0.29) is 20.1 Å². The minimum Gasteiger partial charge on any atom is -0.310 e. The molecule has 0 aliphatic carbocycles. The van der Waals surface area contributed by atoms with Crippen LogP contribution >= 0.6 is 0 Å². The van der Waals surface area contributed by atoms with Gasteiger partial charge in [-0.2, -0.15) is 0 Å². The molecule has 1 radical (unpaired) electrons. The van der Waals surface area contributed by atoms with Gasteiger partial charge in [-0.1, -0.05) is 72.8 Å². The molecule has 0 aliphatic rings. The van der Waals surface area contributed by atoms with Gasteiger partial charge in [-0.05, 0) is 59.9 Å². The van der Waals surface area contributed by atoms with Gasteiger partial charge < -0.3 is 19.1 Å². The summed E-state index contributed by atoms with van der Waals surface area (Å²) in [6.45, 7) is 0. The van der Waals surface area contributed by atoms with Crippen molar-refractivity contribution in [3.05, 3.63) is 194 Å². The van der Waals surface area contributed by atoms with Crippen molar-refractivity contribution in [3.8, 4) is 33.9 Å². The maximum Gasteiger partial charge on any atom is 0.0542 e. The Bertz CT molecular complexity index is 2700. The molecule has 4 aromatic heterocycles. The van der Waals surface area contributed by atoms with Gasteiger partial charge in [0.05, 0.1) is 16.6 Å². The first-order valence-corrected chi connectivity index (χ1v) is 16.7. The predicted octanol–water partition coefficient (Wildman–Crippen LogP) is 11.3. The van der Waals surface area contributed by atoms with Gasteiger partial charge >= 0.3 is 0 Å². The number of hydrogen-bond donors (Lipinski definition) is 0. The zero-order chi connectivity index (χ0) is 33.3. The third-order valence-electron chi connectivity index (χ3n) is 9.12. The fourth-order valence-corrected chi connectivity index (χ4v) is 6.87. The summed E-state index contributed by atoms with van der Waals surface area (Å²) in [4.78, 5) is 9.03. The SMILES string of the molecule is [Ir].[c-]1ccccc1-c1cc2c(cn1)c1ccccc1n2-c1ccc2c(c1)c1ccccc1n2-c1ccccc1.[c-]1ccccc1-c1ccccn1. The standard InChI is InChI=1S/C35H22N3.C11H8N.Ir/c1-3-11-24(12-4-1)31-22-35-30(23-36-31)28-16-8-10-18-33(28)38(35)26-19-20-34-29(21-26)27-15-7-9-17-32(27)37(34)25-13-5-2-6-14-25;1-2-6-10(7-3-1)11-8-4-5-9-12-11;/h1-11,13-23H;1-6,8-9H;/q2*-1;. The van der Waals surface area contributed by atoms with Crippen molar-refractivity contribution in [3.63, 3.8) is 0 Å². The smallest absolute Gasteiger partial charge is 0.0542 e. The molecule has 5 heteroatoms. The number of nitrogens with zero attached hydrogens (tertiary/aromatic N) is 4. The van der Waals surface area contributed by atoms with Crippen LogP contribution in [0, 0.1) is 12.1 Å². The van der Waals surface area contributed by atoms with E-state index in [9.17, 15) is 0 Å². The molecule has 6 aromatic carbocycles. The van der Waals surface area contributed by atoms with Crippen molar-refractivity contribution < 1.29 is 20.1 Å². The van der Waals surface area contributed by atoms with Crippen LogP contribution in [0.3, 0.4) is 0 Å². The first kappa shape index (κ1) is 32.1. The molecule has 4 heterocycles. The average molecular weight is 831 g/mol. The Morgan fingerprint density at radius 3 is 1.65 bits per heavy atom. The van der Waals surface area contributed by atoms with E-state index in [0.717, 1.165) is 44.8 Å². The Morgan fingerprint density at radius 1 is 0.392 bits per heavy atom. The van der Waals surface area contributed by atoms with Crippen molar-refractivity contribution in [2.45, 2.75) is 0 Å². The number of fused-ring (bicyclic) bond motifs is 6. The average Bonchev–Trinajstić information content (AvgIpc) is 3.71. The summed E-state index contributed by atoms with van der Waals surface area (Å²) >= 11 is 0. The summed E-state index contributed by atoms with van der Waals surface area (Å²) < 4.78 is 4.72. The van der Waals surface area contributed by atoms with Gasteiger partial charge in [0.25, 0.3) is 0 Å². The Labute approximate surface area is 309 Å². The largest absolute Gasteiger partial charge is 0.310 e. The van der Waals surface area contributed by atoms with Crippen LogP contribution in [0.4, 0.5) is 0 Å². The fourth-order valence-electron chi connectivity index (χ4n) is 6.87. The summed E-state index contributed by atoms with van der Waals surface area (Å²) in [6.07, 6.45) is 3.79. The molecule has 51 heavy (non-hydrogen) atoms. The number of pyridine rings is 2. The van der Waals surface area contributed by atoms with Crippen LogP contribution in [0.1, 0.15) is 0 Å². The number of rotatable bonds is 4. The maximum atomic E-state index is 4.81. The fraction of sp³-hybridized carbons (Fsp3) is 0. The predicted molar refractivity (Wildman–Crippen MR) is 206 cm³/mol. The van der Waals surface area contributed by atoms with Gasteiger partial charge in [0, 0.05) is 70.9 Å². The number of aromatic nitrogens is 4. The summed E-state index contributed by atoms with van der Waals surface area (Å²) in [5.74, 6) is 0. The molecule has 10 rings (SSSR count). The molecule has 0 saturated heterocycles. The van der Waals surface area contributed by atoms with E-state index in [4.69, 9.17) is 4.98 Å². The zero-order valence-electron chi connectivity index (χ0n) is 27.4. The van der Waals surface area contributed by atoms with Crippen molar-refractivity contribution >= 4 is 43.6 Å². The first-order valence-electron chi connectivity index (χ1n) is 16.7. The zero-order valence-corrected chi connectivity index (χ0v) is 29.8. The summed E-state index contributed by atoms with van der Waals surface area (Å²) in [5.41, 5.74) is 10.9. The Balaban J connectivity index is 0.000000245. The maximum absolute atomic E-state index is 4.81. The van der Waals surface area contributed by atoms with Crippen LogP contribution in [0.2, 0.25) is 0 Å². The summed E-state index contributed by atoms with van der Waals surface area (Å²) in [6, 6.07) is 65.0. The topological polar surface area (TPSA) is 35.6 Å². The van der Waals surface area contributed by atoms with Gasteiger partial charge in [-0.3, -0.25) is 0 Å². The van der Waals surface area contributed by atoms with Crippen molar-refractivity contribution in [1.29, 1.82) is 0 Å². The van der Waals surface area contributed by atoms with Crippen LogP contribution in [0.15, 0.2) is 182 Å². The minimum atomic E-state index is 0. The van der Waals surface area contributed by atoms with Crippen LogP contribution < -0.4 is 0 Å². The van der Waals surface area contributed by atoms with Gasteiger partial charge in [-0.25, -0.2) is 0 Å². The third kappa shape index (κ3) is 5.93. The van der Waals surface area contributed by atoms with Crippen molar-refractivity contribution in [2.24, 2.45) is 0 Å². The minimum absolute atomic E-state index is 0. The van der Waals surface area contributed by atoms with E-state index in [0.29, 0.717) is 0 Å². The van der Waals surface area contributed by atoms with Crippen molar-refractivity contribution in [2.75, 3.05) is 0 Å². The molecule has 245 valence electrons.